The minimum absolute atomic E-state index is 0.177. The number of carbonyl (C=O) groups is 1. The molecule has 0 radical (unpaired) electrons. The summed E-state index contributed by atoms with van der Waals surface area (Å²) in [5.41, 5.74) is 7.77. The van der Waals surface area contributed by atoms with Crippen LogP contribution in [-0.2, 0) is 0 Å². The first-order chi connectivity index (χ1) is 10.8. The largest absolute Gasteiger partial charge is 0.488 e. The maximum atomic E-state index is 11.5. The van der Waals surface area contributed by atoms with Crippen LogP contribution in [0, 0.1) is 0 Å². The Morgan fingerprint density at radius 2 is 1.95 bits per heavy atom. The number of nitrogens with two attached hydrogens (primary N) is 1. The second-order valence-corrected chi connectivity index (χ2v) is 6.54. The van der Waals surface area contributed by atoms with Crippen molar-refractivity contribution in [2.75, 3.05) is 18.0 Å². The van der Waals surface area contributed by atoms with Crippen LogP contribution in [0.25, 0.3) is 0 Å². The van der Waals surface area contributed by atoms with E-state index < -0.39 is 0 Å². The smallest absolute Gasteiger partial charge is 0.152 e. The van der Waals surface area contributed by atoms with Gasteiger partial charge in [-0.05, 0) is 50.7 Å². The van der Waals surface area contributed by atoms with E-state index in [1.807, 2.05) is 18.2 Å². The van der Waals surface area contributed by atoms with Gasteiger partial charge < -0.3 is 15.4 Å². The Kier molecular flexibility index (Phi) is 4.98. The summed E-state index contributed by atoms with van der Waals surface area (Å²) < 4.78 is 6.28. The topological polar surface area (TPSA) is 55.6 Å². The SMILES string of the molecule is N[C@@H]1CCCN(c2c(C=O)cccc2OC2CCCCC2)C1. The molecule has 4 heteroatoms. The Labute approximate surface area is 132 Å². The summed E-state index contributed by atoms with van der Waals surface area (Å²) in [6, 6.07) is 5.96. The number of rotatable bonds is 4. The van der Waals surface area contributed by atoms with Crippen LogP contribution in [0.4, 0.5) is 5.69 Å². The predicted molar refractivity (Wildman–Crippen MR) is 88.8 cm³/mol. The zero-order valence-corrected chi connectivity index (χ0v) is 13.2. The maximum absolute atomic E-state index is 11.5. The second kappa shape index (κ2) is 7.14. The Morgan fingerprint density at radius 1 is 1.14 bits per heavy atom. The van der Waals surface area contributed by atoms with Gasteiger partial charge in [-0.1, -0.05) is 12.5 Å². The van der Waals surface area contributed by atoms with Gasteiger partial charge >= 0.3 is 0 Å². The number of piperidine rings is 1. The number of nitrogens with zero attached hydrogens (tertiary/aromatic N) is 1. The molecular formula is C18H26N2O2. The number of hydrogen-bond acceptors (Lipinski definition) is 4. The van der Waals surface area contributed by atoms with Gasteiger partial charge in [0.15, 0.2) is 6.29 Å². The number of aldehydes is 1. The number of hydrogen-bond donors (Lipinski definition) is 1. The molecule has 3 rings (SSSR count). The van der Waals surface area contributed by atoms with E-state index in [4.69, 9.17) is 10.5 Å². The maximum Gasteiger partial charge on any atom is 0.152 e. The molecule has 2 aliphatic rings. The van der Waals surface area contributed by atoms with E-state index in [2.05, 4.69) is 4.90 Å². The van der Waals surface area contributed by atoms with Crippen LogP contribution < -0.4 is 15.4 Å². The first-order valence-corrected chi connectivity index (χ1v) is 8.53. The lowest BCUT2D eigenvalue weighted by atomic mass is 9.97. The number of para-hydroxylation sites is 1. The van der Waals surface area contributed by atoms with E-state index in [0.29, 0.717) is 5.56 Å². The molecule has 2 fully saturated rings. The van der Waals surface area contributed by atoms with Crippen molar-refractivity contribution in [1.29, 1.82) is 0 Å². The molecule has 0 aromatic heterocycles. The quantitative estimate of drug-likeness (QED) is 0.868. The first-order valence-electron chi connectivity index (χ1n) is 8.53. The molecule has 22 heavy (non-hydrogen) atoms. The lowest BCUT2D eigenvalue weighted by Crippen LogP contribution is -2.43. The van der Waals surface area contributed by atoms with Gasteiger partial charge in [-0.3, -0.25) is 4.79 Å². The average Bonchev–Trinajstić information content (AvgIpc) is 2.55. The third-order valence-electron chi connectivity index (χ3n) is 4.78. The van der Waals surface area contributed by atoms with Crippen molar-refractivity contribution in [3.05, 3.63) is 23.8 Å². The van der Waals surface area contributed by atoms with E-state index in [1.54, 1.807) is 0 Å². The number of benzene rings is 1. The van der Waals surface area contributed by atoms with Crippen molar-refractivity contribution in [3.8, 4) is 5.75 Å². The Hall–Kier alpha value is -1.55. The Bertz CT molecular complexity index is 512. The van der Waals surface area contributed by atoms with Crippen molar-refractivity contribution >= 4 is 12.0 Å². The fraction of sp³-hybridized carbons (Fsp3) is 0.611. The van der Waals surface area contributed by atoms with E-state index in [9.17, 15) is 4.79 Å². The molecule has 120 valence electrons. The molecule has 0 unspecified atom stereocenters. The molecule has 4 nitrogen and oxygen atoms in total. The van der Waals surface area contributed by atoms with Gasteiger partial charge in [-0.25, -0.2) is 0 Å². The van der Waals surface area contributed by atoms with Crippen molar-refractivity contribution in [3.63, 3.8) is 0 Å². The van der Waals surface area contributed by atoms with Crippen molar-refractivity contribution in [2.45, 2.75) is 57.1 Å². The molecule has 1 atom stereocenters. The fourth-order valence-corrected chi connectivity index (χ4v) is 3.64. The number of carbonyl (C=O) groups excluding carboxylic acids is 1. The number of ether oxygens (including phenoxy) is 1. The average molecular weight is 302 g/mol. The fourth-order valence-electron chi connectivity index (χ4n) is 3.64. The van der Waals surface area contributed by atoms with Crippen LogP contribution in [0.3, 0.4) is 0 Å². The minimum Gasteiger partial charge on any atom is -0.488 e. The molecule has 2 N–H and O–H groups in total. The molecule has 1 heterocycles. The highest BCUT2D eigenvalue weighted by molar-refractivity contribution is 5.87. The van der Waals surface area contributed by atoms with Crippen LogP contribution in [-0.4, -0.2) is 31.5 Å². The molecule has 1 saturated heterocycles. The van der Waals surface area contributed by atoms with Gasteiger partial charge in [0.2, 0.25) is 0 Å². The van der Waals surface area contributed by atoms with Gasteiger partial charge in [0.25, 0.3) is 0 Å². The normalized spacial score (nSPS) is 23.3. The lowest BCUT2D eigenvalue weighted by molar-refractivity contribution is 0.112. The molecule has 1 aliphatic carbocycles. The standard InChI is InChI=1S/C18H26N2O2/c19-15-7-5-11-20(12-15)18-14(13-21)6-4-10-17(18)22-16-8-2-1-3-9-16/h4,6,10,13,15-16H,1-3,5,7-9,11-12,19H2/t15-/m1/s1. The van der Waals surface area contributed by atoms with Gasteiger partial charge in [0, 0.05) is 24.7 Å². The van der Waals surface area contributed by atoms with Crippen LogP contribution in [0.1, 0.15) is 55.3 Å². The Balaban J connectivity index is 1.86. The third kappa shape index (κ3) is 3.43. The van der Waals surface area contributed by atoms with Crippen LogP contribution in [0.2, 0.25) is 0 Å². The van der Waals surface area contributed by atoms with Gasteiger partial charge in [-0.15, -0.1) is 0 Å². The molecule has 0 spiro atoms. The van der Waals surface area contributed by atoms with Crippen molar-refractivity contribution in [1.82, 2.24) is 0 Å². The van der Waals surface area contributed by atoms with E-state index in [0.717, 1.165) is 56.5 Å². The summed E-state index contributed by atoms with van der Waals surface area (Å²) in [5, 5.41) is 0. The lowest BCUT2D eigenvalue weighted by Gasteiger charge is -2.35. The van der Waals surface area contributed by atoms with Crippen LogP contribution in [0.5, 0.6) is 5.75 Å². The molecule has 1 aliphatic heterocycles. The monoisotopic (exact) mass is 302 g/mol. The summed E-state index contributed by atoms with van der Waals surface area (Å²) in [6.45, 7) is 1.74. The van der Waals surface area contributed by atoms with Crippen molar-refractivity contribution < 1.29 is 9.53 Å². The summed E-state index contributed by atoms with van der Waals surface area (Å²) in [6.07, 6.45) is 9.35. The van der Waals surface area contributed by atoms with Gasteiger partial charge in [0.05, 0.1) is 11.8 Å². The first kappa shape index (κ1) is 15.3. The zero-order chi connectivity index (χ0) is 15.4. The molecule has 1 aromatic carbocycles. The molecule has 1 saturated carbocycles. The highest BCUT2D eigenvalue weighted by Gasteiger charge is 2.24. The van der Waals surface area contributed by atoms with Gasteiger partial charge in [0.1, 0.15) is 5.75 Å². The minimum atomic E-state index is 0.177. The molecule has 1 aromatic rings. The van der Waals surface area contributed by atoms with E-state index in [-0.39, 0.29) is 12.1 Å². The van der Waals surface area contributed by atoms with Crippen LogP contribution >= 0.6 is 0 Å². The van der Waals surface area contributed by atoms with E-state index in [1.165, 1.54) is 19.3 Å². The predicted octanol–water partition coefficient (Wildman–Crippen LogP) is 3.14. The third-order valence-corrected chi connectivity index (χ3v) is 4.78. The second-order valence-electron chi connectivity index (χ2n) is 6.54. The highest BCUT2D eigenvalue weighted by atomic mass is 16.5. The molecule has 0 amide bonds. The zero-order valence-electron chi connectivity index (χ0n) is 13.2. The van der Waals surface area contributed by atoms with Crippen LogP contribution in [0.15, 0.2) is 18.2 Å². The van der Waals surface area contributed by atoms with Gasteiger partial charge in [-0.2, -0.15) is 0 Å². The van der Waals surface area contributed by atoms with Crippen molar-refractivity contribution in [2.24, 2.45) is 5.73 Å². The highest BCUT2D eigenvalue weighted by Crippen LogP contribution is 2.35. The summed E-state index contributed by atoms with van der Waals surface area (Å²) >= 11 is 0. The molecular weight excluding hydrogens is 276 g/mol. The summed E-state index contributed by atoms with van der Waals surface area (Å²) in [7, 11) is 0. The number of anilines is 1. The summed E-state index contributed by atoms with van der Waals surface area (Å²) in [5.74, 6) is 0.852. The molecule has 0 bridgehead atoms. The Morgan fingerprint density at radius 3 is 2.68 bits per heavy atom. The van der Waals surface area contributed by atoms with E-state index >= 15 is 0 Å². The summed E-state index contributed by atoms with van der Waals surface area (Å²) in [4.78, 5) is 13.7.